The van der Waals surface area contributed by atoms with Gasteiger partial charge >= 0.3 is 0 Å². The molecule has 1 fully saturated rings. The fourth-order valence-corrected chi connectivity index (χ4v) is 2.84. The van der Waals surface area contributed by atoms with Crippen LogP contribution in [0.4, 0.5) is 8.78 Å². The van der Waals surface area contributed by atoms with Crippen LogP contribution in [0.3, 0.4) is 0 Å². The van der Waals surface area contributed by atoms with Gasteiger partial charge in [-0.3, -0.25) is 4.79 Å². The lowest BCUT2D eigenvalue weighted by Gasteiger charge is -2.39. The maximum atomic E-state index is 13.8. The Kier molecular flexibility index (Phi) is 4.38. The summed E-state index contributed by atoms with van der Waals surface area (Å²) in [4.78, 5) is 14.1. The Morgan fingerprint density at radius 1 is 1.40 bits per heavy atom. The van der Waals surface area contributed by atoms with Gasteiger partial charge in [-0.05, 0) is 37.3 Å². The van der Waals surface area contributed by atoms with E-state index in [1.54, 1.807) is 4.90 Å². The number of aryl methyl sites for hydroxylation is 1. The second-order valence-electron chi connectivity index (χ2n) is 5.50. The molecular weight excluding hydrogens is 262 g/mol. The van der Waals surface area contributed by atoms with Crippen molar-refractivity contribution in [3.05, 3.63) is 34.9 Å². The number of likely N-dealkylation sites (tertiary alicyclic amines) is 1. The lowest BCUT2D eigenvalue weighted by molar-refractivity contribution is 0.0527. The fraction of sp³-hybridized carbons (Fsp3) is 0.533. The van der Waals surface area contributed by atoms with Crippen molar-refractivity contribution >= 4 is 5.91 Å². The summed E-state index contributed by atoms with van der Waals surface area (Å²) in [6, 6.07) is 1.97. The molecule has 2 atom stereocenters. The molecule has 2 unspecified atom stereocenters. The van der Waals surface area contributed by atoms with Crippen LogP contribution in [0.5, 0.6) is 0 Å². The number of rotatable bonds is 2. The van der Waals surface area contributed by atoms with Crippen molar-refractivity contribution in [3.63, 3.8) is 0 Å². The van der Waals surface area contributed by atoms with E-state index in [1.165, 1.54) is 13.0 Å². The minimum atomic E-state index is -0.813. The highest BCUT2D eigenvalue weighted by molar-refractivity contribution is 5.95. The van der Waals surface area contributed by atoms with Crippen LogP contribution in [-0.4, -0.2) is 29.9 Å². The zero-order valence-electron chi connectivity index (χ0n) is 11.8. The summed E-state index contributed by atoms with van der Waals surface area (Å²) >= 11 is 0. The van der Waals surface area contributed by atoms with Gasteiger partial charge in [-0.1, -0.05) is 6.92 Å². The number of halogens is 2. The standard InChI is InChI=1S/C15H20F2N2O/c1-9-4-3-5-19(14(9)8-18)15(20)11-6-10(2)12(16)7-13(11)17/h6-7,9,14H,3-5,8,18H2,1-2H3. The van der Waals surface area contributed by atoms with E-state index in [4.69, 9.17) is 5.73 Å². The average Bonchev–Trinajstić information content (AvgIpc) is 2.41. The molecule has 0 saturated carbocycles. The third-order valence-electron chi connectivity index (χ3n) is 4.10. The third-order valence-corrected chi connectivity index (χ3v) is 4.10. The van der Waals surface area contributed by atoms with Gasteiger partial charge in [0.15, 0.2) is 0 Å². The summed E-state index contributed by atoms with van der Waals surface area (Å²) in [7, 11) is 0. The number of piperidine rings is 1. The molecule has 1 aromatic rings. The molecule has 20 heavy (non-hydrogen) atoms. The molecule has 5 heteroatoms. The van der Waals surface area contributed by atoms with E-state index in [1.807, 2.05) is 6.92 Å². The number of hydrogen-bond acceptors (Lipinski definition) is 2. The van der Waals surface area contributed by atoms with E-state index < -0.39 is 17.5 Å². The molecule has 1 aromatic carbocycles. The number of nitrogens with zero attached hydrogens (tertiary/aromatic N) is 1. The van der Waals surface area contributed by atoms with Crippen LogP contribution < -0.4 is 5.73 Å². The predicted molar refractivity (Wildman–Crippen MR) is 73.4 cm³/mol. The van der Waals surface area contributed by atoms with Crippen molar-refractivity contribution in [2.75, 3.05) is 13.1 Å². The molecule has 0 radical (unpaired) electrons. The predicted octanol–water partition coefficient (Wildman–Crippen LogP) is 2.47. The largest absolute Gasteiger partial charge is 0.334 e. The zero-order valence-corrected chi connectivity index (χ0v) is 11.8. The van der Waals surface area contributed by atoms with Crippen molar-refractivity contribution in [2.45, 2.75) is 32.7 Å². The Balaban J connectivity index is 2.33. The quantitative estimate of drug-likeness (QED) is 0.905. The molecule has 0 aromatic heterocycles. The number of nitrogens with two attached hydrogens (primary N) is 1. The van der Waals surface area contributed by atoms with E-state index in [0.29, 0.717) is 19.0 Å². The minimum Gasteiger partial charge on any atom is -0.334 e. The maximum absolute atomic E-state index is 13.8. The van der Waals surface area contributed by atoms with Crippen molar-refractivity contribution in [1.29, 1.82) is 0 Å². The molecule has 0 aliphatic carbocycles. The molecule has 1 heterocycles. The van der Waals surface area contributed by atoms with E-state index in [-0.39, 0.29) is 17.2 Å². The Morgan fingerprint density at radius 2 is 2.10 bits per heavy atom. The molecule has 110 valence electrons. The number of carbonyl (C=O) groups is 1. The van der Waals surface area contributed by atoms with Gasteiger partial charge in [-0.25, -0.2) is 8.78 Å². The molecule has 1 amide bonds. The van der Waals surface area contributed by atoms with Crippen LogP contribution >= 0.6 is 0 Å². The summed E-state index contributed by atoms with van der Waals surface area (Å²) in [6.07, 6.45) is 1.89. The normalized spacial score (nSPS) is 22.9. The first kappa shape index (κ1) is 14.9. The summed E-state index contributed by atoms with van der Waals surface area (Å²) in [6.45, 7) is 4.49. The monoisotopic (exact) mass is 282 g/mol. The average molecular weight is 282 g/mol. The van der Waals surface area contributed by atoms with Gasteiger partial charge < -0.3 is 10.6 Å². The number of benzene rings is 1. The Labute approximate surface area is 117 Å². The van der Waals surface area contributed by atoms with Gasteiger partial charge in [0.05, 0.1) is 5.56 Å². The van der Waals surface area contributed by atoms with Crippen LogP contribution in [0.1, 0.15) is 35.7 Å². The van der Waals surface area contributed by atoms with Gasteiger partial charge in [-0.2, -0.15) is 0 Å². The third kappa shape index (κ3) is 2.68. The highest BCUT2D eigenvalue weighted by Crippen LogP contribution is 2.25. The number of carbonyl (C=O) groups excluding carboxylic acids is 1. The summed E-state index contributed by atoms with van der Waals surface area (Å²) in [5.41, 5.74) is 5.94. The molecule has 1 aliphatic heterocycles. The maximum Gasteiger partial charge on any atom is 0.257 e. The minimum absolute atomic E-state index is 0.0727. The van der Waals surface area contributed by atoms with Gasteiger partial charge in [0.2, 0.25) is 0 Å². The smallest absolute Gasteiger partial charge is 0.257 e. The van der Waals surface area contributed by atoms with E-state index in [2.05, 4.69) is 0 Å². The van der Waals surface area contributed by atoms with Crippen molar-refractivity contribution < 1.29 is 13.6 Å². The molecule has 1 aliphatic rings. The summed E-state index contributed by atoms with van der Waals surface area (Å²) < 4.78 is 27.1. The van der Waals surface area contributed by atoms with Gasteiger partial charge in [-0.15, -0.1) is 0 Å². The first-order valence-corrected chi connectivity index (χ1v) is 6.92. The Bertz CT molecular complexity index is 519. The highest BCUT2D eigenvalue weighted by atomic mass is 19.1. The molecule has 2 N–H and O–H groups in total. The Hall–Kier alpha value is -1.49. The summed E-state index contributed by atoms with van der Waals surface area (Å²) in [5, 5.41) is 0. The molecule has 3 nitrogen and oxygen atoms in total. The molecule has 0 spiro atoms. The van der Waals surface area contributed by atoms with Gasteiger partial charge in [0.25, 0.3) is 5.91 Å². The summed E-state index contributed by atoms with van der Waals surface area (Å²) in [5.74, 6) is -1.55. The van der Waals surface area contributed by atoms with Crippen LogP contribution in [0, 0.1) is 24.5 Å². The second-order valence-corrected chi connectivity index (χ2v) is 5.50. The Morgan fingerprint density at radius 3 is 2.75 bits per heavy atom. The first-order valence-electron chi connectivity index (χ1n) is 6.92. The second kappa shape index (κ2) is 5.87. The van der Waals surface area contributed by atoms with Crippen LogP contribution in [0.25, 0.3) is 0 Å². The SMILES string of the molecule is Cc1cc(C(=O)N2CCCC(C)C2CN)c(F)cc1F. The van der Waals surface area contributed by atoms with Crippen LogP contribution in [0.15, 0.2) is 12.1 Å². The van der Waals surface area contributed by atoms with E-state index in [9.17, 15) is 13.6 Å². The number of hydrogen-bond donors (Lipinski definition) is 1. The van der Waals surface area contributed by atoms with Crippen molar-refractivity contribution in [1.82, 2.24) is 4.90 Å². The number of amides is 1. The lowest BCUT2D eigenvalue weighted by atomic mass is 9.90. The lowest BCUT2D eigenvalue weighted by Crippen LogP contribution is -2.51. The van der Waals surface area contributed by atoms with Crippen LogP contribution in [-0.2, 0) is 0 Å². The molecule has 1 saturated heterocycles. The first-order chi connectivity index (χ1) is 9.45. The van der Waals surface area contributed by atoms with E-state index in [0.717, 1.165) is 18.9 Å². The van der Waals surface area contributed by atoms with E-state index >= 15 is 0 Å². The van der Waals surface area contributed by atoms with Crippen molar-refractivity contribution in [2.24, 2.45) is 11.7 Å². The molecule has 2 rings (SSSR count). The van der Waals surface area contributed by atoms with Crippen molar-refractivity contribution in [3.8, 4) is 0 Å². The highest BCUT2D eigenvalue weighted by Gasteiger charge is 2.32. The topological polar surface area (TPSA) is 46.3 Å². The molecular formula is C15H20F2N2O. The van der Waals surface area contributed by atoms with Gasteiger partial charge in [0.1, 0.15) is 11.6 Å². The van der Waals surface area contributed by atoms with Gasteiger partial charge in [0, 0.05) is 25.2 Å². The zero-order chi connectivity index (χ0) is 14.9. The fourth-order valence-electron chi connectivity index (χ4n) is 2.84. The molecule has 0 bridgehead atoms. The van der Waals surface area contributed by atoms with Crippen LogP contribution in [0.2, 0.25) is 0 Å².